The van der Waals surface area contributed by atoms with Crippen LogP contribution in [0.3, 0.4) is 0 Å². The van der Waals surface area contributed by atoms with Crippen LogP contribution in [0.15, 0.2) is 0 Å². The van der Waals surface area contributed by atoms with Gasteiger partial charge in [-0.05, 0) is 0 Å². The van der Waals surface area contributed by atoms with Crippen LogP contribution in [0.25, 0.3) is 0 Å². The first kappa shape index (κ1) is 6.23. The van der Waals surface area contributed by atoms with E-state index in [1.54, 1.807) is 13.2 Å². The highest BCUT2D eigenvalue weighted by molar-refractivity contribution is 5.54. The standard InChI is InChI=1S/C6H7O/c1-3-4-6(2)5-7/h1,6H,4H2,2H3. The van der Waals surface area contributed by atoms with Crippen LogP contribution in [0.5, 0.6) is 0 Å². The molecule has 37 valence electrons. The third-order valence-corrected chi connectivity index (χ3v) is 0.625. The highest BCUT2D eigenvalue weighted by Gasteiger charge is 1.93. The molecular weight excluding hydrogens is 88.1 g/mol. The van der Waals surface area contributed by atoms with Gasteiger partial charge in [0.15, 0.2) is 0 Å². The van der Waals surface area contributed by atoms with Crippen LogP contribution in [-0.4, -0.2) is 6.29 Å². The van der Waals surface area contributed by atoms with Gasteiger partial charge in [-0.2, -0.15) is 0 Å². The van der Waals surface area contributed by atoms with Crippen molar-refractivity contribution in [1.29, 1.82) is 0 Å². The van der Waals surface area contributed by atoms with Crippen molar-refractivity contribution in [3.05, 3.63) is 0 Å². The maximum atomic E-state index is 9.67. The Hall–Kier alpha value is -0.770. The summed E-state index contributed by atoms with van der Waals surface area (Å²) in [5, 5.41) is 0. The summed E-state index contributed by atoms with van der Waals surface area (Å²) < 4.78 is 0. The zero-order chi connectivity index (χ0) is 5.70. The monoisotopic (exact) mass is 95.0 g/mol. The highest BCUT2D eigenvalue weighted by atomic mass is 16.1. The second-order valence-electron chi connectivity index (χ2n) is 1.43. The molecule has 1 heteroatoms. The summed E-state index contributed by atoms with van der Waals surface area (Å²) in [4.78, 5) is 9.67. The van der Waals surface area contributed by atoms with Crippen molar-refractivity contribution in [3.63, 3.8) is 0 Å². The minimum absolute atomic E-state index is 0.0926. The summed E-state index contributed by atoms with van der Waals surface area (Å²) in [5.74, 6) is 2.26. The van der Waals surface area contributed by atoms with Gasteiger partial charge in [0.1, 0.15) is 0 Å². The Morgan fingerprint density at radius 3 is 2.57 bits per heavy atom. The summed E-state index contributed by atoms with van der Waals surface area (Å²) in [6.07, 6.45) is 7.15. The molecule has 0 aromatic rings. The van der Waals surface area contributed by atoms with Gasteiger partial charge >= 0.3 is 0 Å². The van der Waals surface area contributed by atoms with E-state index in [1.807, 2.05) is 0 Å². The minimum atomic E-state index is -0.0926. The Morgan fingerprint density at radius 2 is 2.43 bits per heavy atom. The molecule has 1 unspecified atom stereocenters. The molecule has 0 saturated carbocycles. The van der Waals surface area contributed by atoms with Gasteiger partial charge in [0.05, 0.1) is 0 Å². The molecule has 0 aromatic heterocycles. The Balaban J connectivity index is 3.21. The Bertz CT molecular complexity index is 88.8. The van der Waals surface area contributed by atoms with E-state index in [0.29, 0.717) is 6.42 Å². The van der Waals surface area contributed by atoms with Gasteiger partial charge < -0.3 is 0 Å². The fraction of sp³-hybridized carbons (Fsp3) is 0.500. The van der Waals surface area contributed by atoms with E-state index >= 15 is 0 Å². The van der Waals surface area contributed by atoms with Crippen molar-refractivity contribution in [2.45, 2.75) is 13.3 Å². The summed E-state index contributed by atoms with van der Waals surface area (Å²) in [7, 11) is 0. The van der Waals surface area contributed by atoms with E-state index in [0.717, 1.165) is 0 Å². The predicted octanol–water partition coefficient (Wildman–Crippen LogP) is 0.755. The van der Waals surface area contributed by atoms with Crippen molar-refractivity contribution in [1.82, 2.24) is 0 Å². The first-order valence-corrected chi connectivity index (χ1v) is 2.12. The topological polar surface area (TPSA) is 17.1 Å². The van der Waals surface area contributed by atoms with Crippen LogP contribution in [0, 0.1) is 18.3 Å². The lowest BCUT2D eigenvalue weighted by molar-refractivity contribution is 0.531. The molecule has 7 heavy (non-hydrogen) atoms. The van der Waals surface area contributed by atoms with Crippen LogP contribution < -0.4 is 0 Å². The zero-order valence-corrected chi connectivity index (χ0v) is 4.27. The molecular formula is C6H7O. The first-order valence-electron chi connectivity index (χ1n) is 2.12. The van der Waals surface area contributed by atoms with Crippen LogP contribution in [0.1, 0.15) is 13.3 Å². The average molecular weight is 95.1 g/mol. The Labute approximate surface area is 43.7 Å². The van der Waals surface area contributed by atoms with Crippen molar-refractivity contribution < 1.29 is 4.79 Å². The molecule has 0 rings (SSSR count). The summed E-state index contributed by atoms with van der Waals surface area (Å²) in [6.45, 7) is 1.74. The van der Waals surface area contributed by atoms with Crippen LogP contribution in [-0.2, 0) is 4.79 Å². The largest absolute Gasteiger partial charge is 0.291 e. The molecule has 0 aliphatic heterocycles. The summed E-state index contributed by atoms with van der Waals surface area (Å²) >= 11 is 0. The van der Waals surface area contributed by atoms with Gasteiger partial charge in [-0.15, -0.1) is 12.3 Å². The molecule has 0 aromatic carbocycles. The van der Waals surface area contributed by atoms with Gasteiger partial charge in [-0.25, -0.2) is 0 Å². The molecule has 0 aliphatic carbocycles. The zero-order valence-electron chi connectivity index (χ0n) is 4.27. The molecule has 0 heterocycles. The van der Waals surface area contributed by atoms with Gasteiger partial charge in [-0.3, -0.25) is 4.79 Å². The lowest BCUT2D eigenvalue weighted by atomic mass is 10.1. The summed E-state index contributed by atoms with van der Waals surface area (Å²) in [6, 6.07) is 0. The predicted molar refractivity (Wildman–Crippen MR) is 28.3 cm³/mol. The molecule has 0 fully saturated rings. The first-order chi connectivity index (χ1) is 3.31. The molecule has 0 amide bonds. The quantitative estimate of drug-likeness (QED) is 0.463. The van der Waals surface area contributed by atoms with E-state index in [9.17, 15) is 4.79 Å². The van der Waals surface area contributed by atoms with Crippen LogP contribution in [0.4, 0.5) is 0 Å². The number of carbonyl (C=O) groups excluding carboxylic acids is 1. The fourth-order valence-electron chi connectivity index (χ4n) is 0.218. The van der Waals surface area contributed by atoms with Gasteiger partial charge in [-0.1, -0.05) is 6.92 Å². The van der Waals surface area contributed by atoms with Crippen molar-refractivity contribution in [3.8, 4) is 12.3 Å². The number of terminal acetylenes is 1. The third kappa shape index (κ3) is 3.05. The lowest BCUT2D eigenvalue weighted by Crippen LogP contribution is -1.91. The average Bonchev–Trinajstić information content (AvgIpc) is 1.68. The van der Waals surface area contributed by atoms with E-state index in [1.165, 1.54) is 0 Å². The van der Waals surface area contributed by atoms with Gasteiger partial charge in [0.2, 0.25) is 6.29 Å². The maximum Gasteiger partial charge on any atom is 0.202 e. The molecule has 0 N–H and O–H groups in total. The SMILES string of the molecule is C#CCC(C)[C]=O. The number of rotatable bonds is 2. The van der Waals surface area contributed by atoms with E-state index in [-0.39, 0.29) is 5.92 Å². The summed E-state index contributed by atoms with van der Waals surface area (Å²) in [5.41, 5.74) is 0. The Morgan fingerprint density at radius 1 is 1.86 bits per heavy atom. The molecule has 0 bridgehead atoms. The van der Waals surface area contributed by atoms with Crippen molar-refractivity contribution in [2.24, 2.45) is 5.92 Å². The van der Waals surface area contributed by atoms with E-state index < -0.39 is 0 Å². The van der Waals surface area contributed by atoms with E-state index in [4.69, 9.17) is 6.42 Å². The fourth-order valence-corrected chi connectivity index (χ4v) is 0.218. The number of hydrogen-bond donors (Lipinski definition) is 0. The molecule has 1 radical (unpaired) electrons. The van der Waals surface area contributed by atoms with E-state index in [2.05, 4.69) is 5.92 Å². The normalized spacial score (nSPS) is 12.0. The second kappa shape index (κ2) is 3.42. The van der Waals surface area contributed by atoms with Gasteiger partial charge in [0.25, 0.3) is 0 Å². The molecule has 0 saturated heterocycles. The smallest absolute Gasteiger partial charge is 0.202 e. The third-order valence-electron chi connectivity index (χ3n) is 0.625. The highest BCUT2D eigenvalue weighted by Crippen LogP contribution is 1.92. The maximum absolute atomic E-state index is 9.67. The molecule has 0 spiro atoms. The van der Waals surface area contributed by atoms with Gasteiger partial charge in [0, 0.05) is 12.3 Å². The molecule has 1 nitrogen and oxygen atoms in total. The Kier molecular flexibility index (Phi) is 3.04. The van der Waals surface area contributed by atoms with Crippen LogP contribution >= 0.6 is 0 Å². The number of hydrogen-bond acceptors (Lipinski definition) is 1. The lowest BCUT2D eigenvalue weighted by Gasteiger charge is -1.87. The molecule has 1 atom stereocenters. The minimum Gasteiger partial charge on any atom is -0.291 e. The van der Waals surface area contributed by atoms with Crippen molar-refractivity contribution >= 4 is 6.29 Å². The van der Waals surface area contributed by atoms with Crippen LogP contribution in [0.2, 0.25) is 0 Å². The van der Waals surface area contributed by atoms with Crippen molar-refractivity contribution in [2.75, 3.05) is 0 Å². The second-order valence-corrected chi connectivity index (χ2v) is 1.43. The molecule has 0 aliphatic rings.